The van der Waals surface area contributed by atoms with Gasteiger partial charge in [0.05, 0.1) is 0 Å². The average molecular weight is 326 g/mol. The molecule has 1 aliphatic heterocycles. The van der Waals surface area contributed by atoms with Crippen molar-refractivity contribution in [3.63, 3.8) is 0 Å². The lowest BCUT2D eigenvalue weighted by molar-refractivity contribution is 0.0569. The molecule has 2 aromatic rings. The Morgan fingerprint density at radius 3 is 2.50 bits per heavy atom. The number of benzene rings is 1. The summed E-state index contributed by atoms with van der Waals surface area (Å²) in [5.74, 6) is -0.208. The molecule has 5 heteroatoms. The minimum Gasteiger partial charge on any atom is -0.422 e. The van der Waals surface area contributed by atoms with Gasteiger partial charge in [0, 0.05) is 37.6 Å². The zero-order valence-corrected chi connectivity index (χ0v) is 13.7. The molecule has 0 bridgehead atoms. The summed E-state index contributed by atoms with van der Waals surface area (Å²) >= 11 is 0. The van der Waals surface area contributed by atoms with E-state index in [9.17, 15) is 9.59 Å². The molecule has 1 saturated heterocycles. The van der Waals surface area contributed by atoms with Crippen LogP contribution in [0.25, 0.3) is 11.0 Å². The van der Waals surface area contributed by atoms with Gasteiger partial charge in [-0.1, -0.05) is 31.0 Å². The third-order valence-corrected chi connectivity index (χ3v) is 5.31. The zero-order valence-electron chi connectivity index (χ0n) is 13.7. The fraction of sp³-hybridized carbons (Fsp3) is 0.474. The molecule has 1 aromatic carbocycles. The number of carbonyl (C=O) groups excluding carboxylic acids is 1. The van der Waals surface area contributed by atoms with Crippen LogP contribution in [0, 0.1) is 0 Å². The van der Waals surface area contributed by atoms with E-state index in [2.05, 4.69) is 4.90 Å². The lowest BCUT2D eigenvalue weighted by atomic mass is 10.1. The van der Waals surface area contributed by atoms with Gasteiger partial charge in [-0.15, -0.1) is 0 Å². The maximum Gasteiger partial charge on any atom is 0.349 e. The number of piperazine rings is 1. The van der Waals surface area contributed by atoms with Crippen LogP contribution < -0.4 is 5.63 Å². The quantitative estimate of drug-likeness (QED) is 0.796. The van der Waals surface area contributed by atoms with Gasteiger partial charge in [0.25, 0.3) is 5.91 Å². The molecule has 0 unspecified atom stereocenters. The predicted molar refractivity (Wildman–Crippen MR) is 92.2 cm³/mol. The number of para-hydroxylation sites is 1. The summed E-state index contributed by atoms with van der Waals surface area (Å²) in [5.41, 5.74) is 0.116. The second kappa shape index (κ2) is 6.40. The summed E-state index contributed by atoms with van der Waals surface area (Å²) in [5, 5.41) is 0.782. The van der Waals surface area contributed by atoms with Crippen molar-refractivity contribution >= 4 is 16.9 Å². The molecule has 0 N–H and O–H groups in total. The Bertz CT molecular complexity index is 800. The Balaban J connectivity index is 1.50. The number of rotatable bonds is 2. The van der Waals surface area contributed by atoms with Gasteiger partial charge in [0.1, 0.15) is 11.1 Å². The standard InChI is InChI=1S/C19H22N2O3/c22-18(16-13-14-5-1-4-8-17(14)24-19(16)23)21-11-9-20(10-12-21)15-6-2-3-7-15/h1,4-5,8,13,15H,2-3,6-7,9-12H2. The normalized spacial score (nSPS) is 19.9. The van der Waals surface area contributed by atoms with Crippen LogP contribution in [0.1, 0.15) is 36.0 Å². The van der Waals surface area contributed by atoms with Crippen molar-refractivity contribution in [2.45, 2.75) is 31.7 Å². The second-order valence-corrected chi connectivity index (χ2v) is 6.75. The van der Waals surface area contributed by atoms with Gasteiger partial charge in [-0.25, -0.2) is 4.79 Å². The van der Waals surface area contributed by atoms with Crippen molar-refractivity contribution in [3.05, 3.63) is 46.3 Å². The Hall–Kier alpha value is -2.14. The highest BCUT2D eigenvalue weighted by Crippen LogP contribution is 2.24. The number of carbonyl (C=O) groups is 1. The van der Waals surface area contributed by atoms with Crippen molar-refractivity contribution in [2.75, 3.05) is 26.2 Å². The first kappa shape index (κ1) is 15.4. The van der Waals surface area contributed by atoms with Crippen LogP contribution in [-0.4, -0.2) is 47.9 Å². The SMILES string of the molecule is O=C(c1cc2ccccc2oc1=O)N1CCN(C2CCCC2)CC1. The van der Waals surface area contributed by atoms with E-state index < -0.39 is 5.63 Å². The molecule has 1 aromatic heterocycles. The largest absolute Gasteiger partial charge is 0.422 e. The van der Waals surface area contributed by atoms with E-state index in [1.807, 2.05) is 18.2 Å². The molecular weight excluding hydrogens is 304 g/mol. The average Bonchev–Trinajstić information content (AvgIpc) is 3.15. The third-order valence-electron chi connectivity index (χ3n) is 5.31. The van der Waals surface area contributed by atoms with Crippen molar-refractivity contribution in [2.24, 2.45) is 0 Å². The van der Waals surface area contributed by atoms with E-state index in [1.54, 1.807) is 17.0 Å². The topological polar surface area (TPSA) is 53.8 Å². The van der Waals surface area contributed by atoms with Gasteiger partial charge in [-0.05, 0) is 25.0 Å². The van der Waals surface area contributed by atoms with Crippen LogP contribution in [0.15, 0.2) is 39.5 Å². The van der Waals surface area contributed by atoms with Gasteiger partial charge >= 0.3 is 5.63 Å². The molecule has 2 fully saturated rings. The van der Waals surface area contributed by atoms with E-state index in [1.165, 1.54) is 25.7 Å². The summed E-state index contributed by atoms with van der Waals surface area (Å²) in [6.07, 6.45) is 5.20. The molecule has 2 heterocycles. The van der Waals surface area contributed by atoms with Crippen LogP contribution >= 0.6 is 0 Å². The summed E-state index contributed by atoms with van der Waals surface area (Å²) in [6.45, 7) is 3.16. The van der Waals surface area contributed by atoms with Crippen molar-refractivity contribution < 1.29 is 9.21 Å². The minimum absolute atomic E-state index is 0.142. The molecule has 0 radical (unpaired) electrons. The van der Waals surface area contributed by atoms with Crippen LogP contribution in [0.4, 0.5) is 0 Å². The highest BCUT2D eigenvalue weighted by atomic mass is 16.4. The molecule has 4 rings (SSSR count). The maximum atomic E-state index is 12.7. The van der Waals surface area contributed by atoms with E-state index in [0.29, 0.717) is 24.7 Å². The Morgan fingerprint density at radius 1 is 1.04 bits per heavy atom. The molecule has 2 aliphatic rings. The second-order valence-electron chi connectivity index (χ2n) is 6.75. The molecular formula is C19H22N2O3. The Labute approximate surface area is 140 Å². The van der Waals surface area contributed by atoms with Crippen LogP contribution in [0.5, 0.6) is 0 Å². The number of hydrogen-bond donors (Lipinski definition) is 0. The maximum absolute atomic E-state index is 12.7. The molecule has 126 valence electrons. The lowest BCUT2D eigenvalue weighted by Gasteiger charge is -2.37. The highest BCUT2D eigenvalue weighted by Gasteiger charge is 2.29. The van der Waals surface area contributed by atoms with Crippen LogP contribution in [0.3, 0.4) is 0 Å². The van der Waals surface area contributed by atoms with E-state index in [4.69, 9.17) is 4.42 Å². The first-order chi connectivity index (χ1) is 11.7. The highest BCUT2D eigenvalue weighted by molar-refractivity contribution is 5.96. The molecule has 1 saturated carbocycles. The number of nitrogens with zero attached hydrogens (tertiary/aromatic N) is 2. The smallest absolute Gasteiger partial charge is 0.349 e. The zero-order chi connectivity index (χ0) is 16.5. The molecule has 0 spiro atoms. The lowest BCUT2D eigenvalue weighted by Crippen LogP contribution is -2.51. The predicted octanol–water partition coefficient (Wildman–Crippen LogP) is 2.49. The number of fused-ring (bicyclic) bond motifs is 1. The van der Waals surface area contributed by atoms with Crippen molar-refractivity contribution in [3.8, 4) is 0 Å². The summed E-state index contributed by atoms with van der Waals surface area (Å²) in [7, 11) is 0. The van der Waals surface area contributed by atoms with Gasteiger partial charge in [-0.2, -0.15) is 0 Å². The molecule has 1 amide bonds. The van der Waals surface area contributed by atoms with Gasteiger partial charge in [0.15, 0.2) is 0 Å². The van der Waals surface area contributed by atoms with Gasteiger partial charge in [0.2, 0.25) is 0 Å². The monoisotopic (exact) mass is 326 g/mol. The first-order valence-corrected chi connectivity index (χ1v) is 8.78. The minimum atomic E-state index is -0.545. The van der Waals surface area contributed by atoms with E-state index in [-0.39, 0.29) is 11.5 Å². The molecule has 5 nitrogen and oxygen atoms in total. The Kier molecular flexibility index (Phi) is 4.10. The van der Waals surface area contributed by atoms with E-state index >= 15 is 0 Å². The molecule has 0 atom stereocenters. The Morgan fingerprint density at radius 2 is 1.75 bits per heavy atom. The van der Waals surface area contributed by atoms with Crippen molar-refractivity contribution in [1.82, 2.24) is 9.80 Å². The van der Waals surface area contributed by atoms with Gasteiger partial charge in [-0.3, -0.25) is 9.69 Å². The molecule has 1 aliphatic carbocycles. The summed E-state index contributed by atoms with van der Waals surface area (Å²) in [6, 6.07) is 9.63. The number of hydrogen-bond acceptors (Lipinski definition) is 4. The van der Waals surface area contributed by atoms with Gasteiger partial charge < -0.3 is 9.32 Å². The van der Waals surface area contributed by atoms with E-state index in [0.717, 1.165) is 18.5 Å². The first-order valence-electron chi connectivity index (χ1n) is 8.78. The van der Waals surface area contributed by atoms with Crippen LogP contribution in [0.2, 0.25) is 0 Å². The fourth-order valence-corrected chi connectivity index (χ4v) is 3.94. The summed E-state index contributed by atoms with van der Waals surface area (Å²) in [4.78, 5) is 29.2. The van der Waals surface area contributed by atoms with Crippen molar-refractivity contribution in [1.29, 1.82) is 0 Å². The summed E-state index contributed by atoms with van der Waals surface area (Å²) < 4.78 is 5.29. The number of amides is 1. The fourth-order valence-electron chi connectivity index (χ4n) is 3.94. The van der Waals surface area contributed by atoms with Crippen LogP contribution in [-0.2, 0) is 0 Å². The third kappa shape index (κ3) is 2.84. The molecule has 24 heavy (non-hydrogen) atoms.